The maximum Gasteiger partial charge on any atom is 0.259 e. The number of nitrogen functional groups attached to an aromatic ring is 1. The van der Waals surface area contributed by atoms with Gasteiger partial charge in [-0.2, -0.15) is 5.10 Å². The van der Waals surface area contributed by atoms with Gasteiger partial charge in [0.15, 0.2) is 0 Å². The fourth-order valence-corrected chi connectivity index (χ4v) is 2.74. The molecule has 6 heteroatoms. The summed E-state index contributed by atoms with van der Waals surface area (Å²) < 4.78 is 0. The molecule has 1 saturated heterocycles. The van der Waals surface area contributed by atoms with Crippen LogP contribution in [0.5, 0.6) is 0 Å². The normalized spacial score (nSPS) is 21.9. The first-order valence-corrected chi connectivity index (χ1v) is 7.39. The van der Waals surface area contributed by atoms with Crippen LogP contribution in [0.25, 0.3) is 0 Å². The molecule has 1 aromatic rings. The van der Waals surface area contributed by atoms with Crippen LogP contribution in [0.1, 0.15) is 43.0 Å². The number of hydrogen-bond acceptors (Lipinski definition) is 4. The molecule has 0 unspecified atom stereocenters. The van der Waals surface area contributed by atoms with Crippen molar-refractivity contribution in [1.29, 1.82) is 0 Å². The number of anilines is 1. The molecule has 0 spiro atoms. The van der Waals surface area contributed by atoms with Gasteiger partial charge in [-0.05, 0) is 31.1 Å². The van der Waals surface area contributed by atoms with Crippen LogP contribution in [-0.2, 0) is 0 Å². The Balaban J connectivity index is 1.55. The minimum absolute atomic E-state index is 0.00606. The van der Waals surface area contributed by atoms with E-state index in [2.05, 4.69) is 22.4 Å². The number of nitrogens with zero attached hydrogens (tertiary/aromatic N) is 2. The number of nitrogens with one attached hydrogen (secondary N) is 2. The Morgan fingerprint density at radius 2 is 2.25 bits per heavy atom. The van der Waals surface area contributed by atoms with Crippen molar-refractivity contribution in [1.82, 2.24) is 20.4 Å². The monoisotopic (exact) mass is 277 g/mol. The molecule has 2 fully saturated rings. The first-order chi connectivity index (χ1) is 9.57. The number of aromatic nitrogens is 2. The number of likely N-dealkylation sites (tertiary alicyclic amines) is 1. The van der Waals surface area contributed by atoms with E-state index >= 15 is 0 Å². The molecular weight excluding hydrogens is 254 g/mol. The molecule has 1 aliphatic carbocycles. The van der Waals surface area contributed by atoms with Crippen LogP contribution in [0.15, 0.2) is 6.20 Å². The topological polar surface area (TPSA) is 87.0 Å². The highest BCUT2D eigenvalue weighted by Crippen LogP contribution is 2.32. The number of amides is 1. The number of carbonyl (C=O) groups is 1. The first kappa shape index (κ1) is 13.4. The summed E-state index contributed by atoms with van der Waals surface area (Å²) in [7, 11) is 0. The zero-order valence-corrected chi connectivity index (χ0v) is 12.0. The molecular formula is C14H23N5O. The highest BCUT2D eigenvalue weighted by Gasteiger charge is 2.34. The summed E-state index contributed by atoms with van der Waals surface area (Å²) in [6.45, 7) is 4.97. The molecule has 1 amide bonds. The van der Waals surface area contributed by atoms with Crippen molar-refractivity contribution in [2.24, 2.45) is 5.41 Å². The number of nitrogens with two attached hydrogens (primary N) is 1. The van der Waals surface area contributed by atoms with Gasteiger partial charge < -0.3 is 16.0 Å². The molecule has 3 rings (SSSR count). The van der Waals surface area contributed by atoms with E-state index in [1.54, 1.807) is 0 Å². The molecule has 0 aromatic carbocycles. The van der Waals surface area contributed by atoms with Gasteiger partial charge in [0.1, 0.15) is 11.4 Å². The van der Waals surface area contributed by atoms with Crippen molar-refractivity contribution in [3.63, 3.8) is 0 Å². The number of carbonyl (C=O) groups excluding carboxylic acids is 1. The number of H-pyrrole nitrogens is 1. The summed E-state index contributed by atoms with van der Waals surface area (Å²) in [5.41, 5.74) is 6.51. The summed E-state index contributed by atoms with van der Waals surface area (Å²) >= 11 is 0. The Hall–Kier alpha value is -1.56. The van der Waals surface area contributed by atoms with Gasteiger partial charge in [-0.3, -0.25) is 9.89 Å². The third-order valence-corrected chi connectivity index (χ3v) is 4.55. The Bertz CT molecular complexity index is 486. The zero-order chi connectivity index (χ0) is 14.2. The van der Waals surface area contributed by atoms with Crippen molar-refractivity contribution >= 4 is 11.7 Å². The third kappa shape index (κ3) is 2.80. The molecule has 110 valence electrons. The van der Waals surface area contributed by atoms with Gasteiger partial charge in [0.25, 0.3) is 5.91 Å². The van der Waals surface area contributed by atoms with Gasteiger partial charge in [-0.25, -0.2) is 0 Å². The van der Waals surface area contributed by atoms with E-state index in [4.69, 9.17) is 5.73 Å². The highest BCUT2D eigenvalue weighted by molar-refractivity contribution is 5.98. The van der Waals surface area contributed by atoms with Gasteiger partial charge in [0.05, 0.1) is 6.20 Å². The van der Waals surface area contributed by atoms with E-state index in [9.17, 15) is 4.79 Å². The molecule has 4 N–H and O–H groups in total. The lowest BCUT2D eigenvalue weighted by Gasteiger charge is -2.39. The van der Waals surface area contributed by atoms with Crippen molar-refractivity contribution in [2.75, 3.05) is 25.4 Å². The van der Waals surface area contributed by atoms with Gasteiger partial charge >= 0.3 is 0 Å². The predicted octanol–water partition coefficient (Wildman–Crippen LogP) is 0.986. The van der Waals surface area contributed by atoms with Gasteiger partial charge in [-0.15, -0.1) is 0 Å². The maximum absolute atomic E-state index is 12.3. The van der Waals surface area contributed by atoms with Gasteiger partial charge in [0, 0.05) is 25.7 Å². The summed E-state index contributed by atoms with van der Waals surface area (Å²) in [6, 6.07) is 0.747. The van der Waals surface area contributed by atoms with E-state index in [0.29, 0.717) is 16.8 Å². The number of piperidine rings is 1. The lowest BCUT2D eigenvalue weighted by atomic mass is 9.80. The highest BCUT2D eigenvalue weighted by atomic mass is 16.2. The van der Waals surface area contributed by atoms with E-state index < -0.39 is 0 Å². The SMILES string of the molecule is CC1(CNC2CC2)CCN(C(=O)c2cn[nH]c2N)CC1. The average molecular weight is 277 g/mol. The molecule has 0 radical (unpaired) electrons. The summed E-state index contributed by atoms with van der Waals surface area (Å²) in [5, 5.41) is 10.0. The fourth-order valence-electron chi connectivity index (χ4n) is 2.74. The van der Waals surface area contributed by atoms with E-state index in [1.165, 1.54) is 19.0 Å². The molecule has 1 saturated carbocycles. The van der Waals surface area contributed by atoms with E-state index in [0.717, 1.165) is 38.5 Å². The predicted molar refractivity (Wildman–Crippen MR) is 77.3 cm³/mol. The van der Waals surface area contributed by atoms with Crippen molar-refractivity contribution in [2.45, 2.75) is 38.6 Å². The molecule has 2 aliphatic rings. The quantitative estimate of drug-likeness (QED) is 0.766. The number of rotatable bonds is 4. The summed E-state index contributed by atoms with van der Waals surface area (Å²) in [6.07, 6.45) is 6.23. The van der Waals surface area contributed by atoms with Crippen molar-refractivity contribution < 1.29 is 4.79 Å². The van der Waals surface area contributed by atoms with Crippen molar-refractivity contribution in [3.8, 4) is 0 Å². The van der Waals surface area contributed by atoms with Crippen LogP contribution >= 0.6 is 0 Å². The summed E-state index contributed by atoms with van der Waals surface area (Å²) in [4.78, 5) is 14.2. The van der Waals surface area contributed by atoms with E-state index in [1.807, 2.05) is 4.90 Å². The minimum Gasteiger partial charge on any atom is -0.383 e. The standard InChI is InChI=1S/C14H23N5O/c1-14(9-16-10-2-3-10)4-6-19(7-5-14)13(20)11-8-17-18-12(11)15/h8,10,16H,2-7,9H2,1H3,(H3,15,17,18). The molecule has 0 atom stereocenters. The van der Waals surface area contributed by atoms with Gasteiger partial charge in [-0.1, -0.05) is 6.92 Å². The first-order valence-electron chi connectivity index (χ1n) is 7.39. The Labute approximate surface area is 119 Å². The lowest BCUT2D eigenvalue weighted by Crippen LogP contribution is -2.46. The second kappa shape index (κ2) is 5.09. The largest absolute Gasteiger partial charge is 0.383 e. The van der Waals surface area contributed by atoms with Crippen LogP contribution in [0.3, 0.4) is 0 Å². The Kier molecular flexibility index (Phi) is 3.41. The van der Waals surface area contributed by atoms with Crippen LogP contribution in [0, 0.1) is 5.41 Å². The number of aromatic amines is 1. The molecule has 2 heterocycles. The molecule has 0 bridgehead atoms. The minimum atomic E-state index is -0.00606. The lowest BCUT2D eigenvalue weighted by molar-refractivity contribution is 0.0606. The van der Waals surface area contributed by atoms with Crippen LogP contribution in [0.2, 0.25) is 0 Å². The zero-order valence-electron chi connectivity index (χ0n) is 12.0. The number of hydrogen-bond donors (Lipinski definition) is 3. The maximum atomic E-state index is 12.3. The molecule has 1 aliphatic heterocycles. The summed E-state index contributed by atoms with van der Waals surface area (Å²) in [5.74, 6) is 0.354. The second-order valence-corrected chi connectivity index (χ2v) is 6.46. The fraction of sp³-hybridized carbons (Fsp3) is 0.714. The average Bonchev–Trinajstić information content (AvgIpc) is 3.18. The smallest absolute Gasteiger partial charge is 0.259 e. The third-order valence-electron chi connectivity index (χ3n) is 4.55. The van der Waals surface area contributed by atoms with Crippen LogP contribution < -0.4 is 11.1 Å². The Morgan fingerprint density at radius 3 is 2.80 bits per heavy atom. The second-order valence-electron chi connectivity index (χ2n) is 6.46. The molecule has 6 nitrogen and oxygen atoms in total. The molecule has 1 aromatic heterocycles. The Morgan fingerprint density at radius 1 is 1.55 bits per heavy atom. The van der Waals surface area contributed by atoms with Crippen LogP contribution in [-0.4, -0.2) is 46.7 Å². The molecule has 20 heavy (non-hydrogen) atoms. The van der Waals surface area contributed by atoms with Crippen LogP contribution in [0.4, 0.5) is 5.82 Å². The van der Waals surface area contributed by atoms with Gasteiger partial charge in [0.2, 0.25) is 0 Å². The van der Waals surface area contributed by atoms with E-state index in [-0.39, 0.29) is 5.91 Å². The van der Waals surface area contributed by atoms with Crippen molar-refractivity contribution in [3.05, 3.63) is 11.8 Å².